The zero-order chi connectivity index (χ0) is 17.4. The van der Waals surface area contributed by atoms with Crippen LogP contribution in [0.4, 0.5) is 5.69 Å². The molecule has 3 aromatic rings. The average molecular weight is 331 g/mol. The van der Waals surface area contributed by atoms with Crippen LogP contribution in [0.1, 0.15) is 33.7 Å². The van der Waals surface area contributed by atoms with Gasteiger partial charge < -0.3 is 5.32 Å². The van der Waals surface area contributed by atoms with E-state index < -0.39 is 0 Å². The Morgan fingerprint density at radius 2 is 2.00 bits per heavy atom. The van der Waals surface area contributed by atoms with E-state index in [2.05, 4.69) is 20.4 Å². The first-order valence-electron chi connectivity index (χ1n) is 8.07. The van der Waals surface area contributed by atoms with Crippen molar-refractivity contribution in [2.75, 3.05) is 5.32 Å². The number of nitrogens with one attached hydrogen (secondary N) is 1. The number of benzene rings is 1. The number of nitrogens with zero attached hydrogens (tertiary/aromatic N) is 4. The first kappa shape index (κ1) is 15.3. The summed E-state index contributed by atoms with van der Waals surface area (Å²) >= 11 is 0. The molecule has 6 heteroatoms. The molecular formula is C19H17N5O. The second-order valence-corrected chi connectivity index (χ2v) is 6.03. The number of aliphatic imine (C=N–C) groups is 1. The molecule has 0 atom stereocenters. The van der Waals surface area contributed by atoms with Crippen LogP contribution >= 0.6 is 0 Å². The minimum Gasteiger partial charge on any atom is -0.322 e. The van der Waals surface area contributed by atoms with Crippen molar-refractivity contribution >= 4 is 23.0 Å². The van der Waals surface area contributed by atoms with Gasteiger partial charge in [0.1, 0.15) is 5.56 Å². The summed E-state index contributed by atoms with van der Waals surface area (Å²) in [6.07, 6.45) is 6.23. The predicted molar refractivity (Wildman–Crippen MR) is 97.2 cm³/mol. The van der Waals surface area contributed by atoms with Crippen molar-refractivity contribution in [3.05, 3.63) is 71.3 Å². The first-order valence-corrected chi connectivity index (χ1v) is 8.07. The summed E-state index contributed by atoms with van der Waals surface area (Å²) < 4.78 is 1.68. The lowest BCUT2D eigenvalue weighted by Gasteiger charge is -2.06. The number of aromatic nitrogens is 3. The van der Waals surface area contributed by atoms with E-state index in [0.717, 1.165) is 34.8 Å². The lowest BCUT2D eigenvalue weighted by atomic mass is 10.1. The maximum atomic E-state index is 12.6. The lowest BCUT2D eigenvalue weighted by Crippen LogP contribution is -2.12. The summed E-state index contributed by atoms with van der Waals surface area (Å²) in [5, 5.41) is 7.16. The Morgan fingerprint density at radius 3 is 2.72 bits per heavy atom. The Morgan fingerprint density at radius 1 is 1.20 bits per heavy atom. The molecule has 6 nitrogen and oxygen atoms in total. The third kappa shape index (κ3) is 2.82. The van der Waals surface area contributed by atoms with Crippen molar-refractivity contribution in [1.82, 2.24) is 14.6 Å². The van der Waals surface area contributed by atoms with Crippen LogP contribution in [0.25, 0.3) is 5.65 Å². The molecule has 25 heavy (non-hydrogen) atoms. The van der Waals surface area contributed by atoms with Gasteiger partial charge in [0, 0.05) is 29.7 Å². The molecule has 2 aromatic heterocycles. The fourth-order valence-electron chi connectivity index (χ4n) is 2.93. The van der Waals surface area contributed by atoms with Crippen molar-refractivity contribution in [1.29, 1.82) is 0 Å². The van der Waals surface area contributed by atoms with Crippen LogP contribution in [0.3, 0.4) is 0 Å². The molecule has 1 aliphatic rings. The molecule has 0 aliphatic carbocycles. The Balaban J connectivity index is 1.58. The van der Waals surface area contributed by atoms with Gasteiger partial charge in [-0.2, -0.15) is 5.10 Å². The average Bonchev–Trinajstić information content (AvgIpc) is 3.25. The lowest BCUT2D eigenvalue weighted by molar-refractivity contribution is 0.102. The van der Waals surface area contributed by atoms with Crippen LogP contribution in [0.2, 0.25) is 0 Å². The van der Waals surface area contributed by atoms with Gasteiger partial charge in [-0.1, -0.05) is 18.2 Å². The van der Waals surface area contributed by atoms with Crippen molar-refractivity contribution in [3.8, 4) is 0 Å². The number of fused-ring (bicyclic) bond motifs is 1. The monoisotopic (exact) mass is 331 g/mol. The van der Waals surface area contributed by atoms with Crippen LogP contribution in [0.5, 0.6) is 0 Å². The summed E-state index contributed by atoms with van der Waals surface area (Å²) in [6, 6.07) is 9.61. The molecule has 0 radical (unpaired) electrons. The number of hydrogen-bond donors (Lipinski definition) is 1. The maximum Gasteiger partial charge on any atom is 0.261 e. The minimum atomic E-state index is -0.222. The summed E-state index contributed by atoms with van der Waals surface area (Å²) in [4.78, 5) is 21.4. The summed E-state index contributed by atoms with van der Waals surface area (Å²) in [5.41, 5.74) is 5.65. The van der Waals surface area contributed by atoms with Gasteiger partial charge in [0.2, 0.25) is 0 Å². The molecule has 1 aliphatic heterocycles. The number of allylic oxidation sites excluding steroid dienone is 1. The number of carbonyl (C=O) groups excluding carboxylic acids is 1. The van der Waals surface area contributed by atoms with Crippen LogP contribution < -0.4 is 5.32 Å². The maximum absolute atomic E-state index is 12.6. The van der Waals surface area contributed by atoms with Crippen LogP contribution in [0, 0.1) is 13.8 Å². The van der Waals surface area contributed by atoms with Gasteiger partial charge in [0.05, 0.1) is 11.9 Å². The van der Waals surface area contributed by atoms with Gasteiger partial charge in [-0.15, -0.1) is 0 Å². The van der Waals surface area contributed by atoms with Crippen molar-refractivity contribution in [2.45, 2.75) is 20.3 Å². The van der Waals surface area contributed by atoms with E-state index >= 15 is 0 Å². The standard InChI is InChI=1S/C19H17N5O/c1-12-10-13(2)24-18(22-12)16(11-21-24)19(25)23-15-7-5-14(6-8-15)17-4-3-9-20-17/h3,5-11H,4H2,1-2H3,(H,23,25). The molecule has 1 amide bonds. The fourth-order valence-corrected chi connectivity index (χ4v) is 2.93. The van der Waals surface area contributed by atoms with E-state index in [9.17, 15) is 4.79 Å². The molecule has 0 unspecified atom stereocenters. The van der Waals surface area contributed by atoms with Crippen molar-refractivity contribution in [3.63, 3.8) is 0 Å². The Labute approximate surface area is 144 Å². The van der Waals surface area contributed by atoms with Gasteiger partial charge in [0.15, 0.2) is 5.65 Å². The van der Waals surface area contributed by atoms with Crippen LogP contribution in [0.15, 0.2) is 53.8 Å². The smallest absolute Gasteiger partial charge is 0.261 e. The van der Waals surface area contributed by atoms with Gasteiger partial charge in [-0.05, 0) is 37.6 Å². The number of amides is 1. The molecule has 1 aromatic carbocycles. The highest BCUT2D eigenvalue weighted by Crippen LogP contribution is 2.17. The van der Waals surface area contributed by atoms with Crippen LogP contribution in [-0.2, 0) is 0 Å². The number of carbonyl (C=O) groups is 1. The van der Waals surface area contributed by atoms with Crippen molar-refractivity contribution in [2.24, 2.45) is 4.99 Å². The number of anilines is 1. The zero-order valence-corrected chi connectivity index (χ0v) is 14.0. The molecule has 0 spiro atoms. The zero-order valence-electron chi connectivity index (χ0n) is 14.0. The number of hydrogen-bond acceptors (Lipinski definition) is 4. The molecule has 4 rings (SSSR count). The quantitative estimate of drug-likeness (QED) is 0.800. The Bertz CT molecular complexity index is 1030. The molecule has 0 bridgehead atoms. The van der Waals surface area contributed by atoms with E-state index in [0.29, 0.717) is 11.2 Å². The summed E-state index contributed by atoms with van der Waals surface area (Å²) in [6.45, 7) is 3.84. The highest BCUT2D eigenvalue weighted by molar-refractivity contribution is 6.08. The topological polar surface area (TPSA) is 71.7 Å². The van der Waals surface area contributed by atoms with E-state index in [4.69, 9.17) is 0 Å². The van der Waals surface area contributed by atoms with Crippen molar-refractivity contribution < 1.29 is 4.79 Å². The molecule has 124 valence electrons. The van der Waals surface area contributed by atoms with Crippen LogP contribution in [-0.4, -0.2) is 26.2 Å². The molecular weight excluding hydrogens is 314 g/mol. The third-order valence-corrected chi connectivity index (χ3v) is 4.15. The Kier molecular flexibility index (Phi) is 3.65. The molecule has 0 saturated heterocycles. The molecule has 0 saturated carbocycles. The first-order chi connectivity index (χ1) is 12.1. The molecule has 3 heterocycles. The fraction of sp³-hybridized carbons (Fsp3) is 0.158. The van der Waals surface area contributed by atoms with Gasteiger partial charge >= 0.3 is 0 Å². The number of rotatable bonds is 3. The largest absolute Gasteiger partial charge is 0.322 e. The summed E-state index contributed by atoms with van der Waals surface area (Å²) in [5.74, 6) is -0.222. The third-order valence-electron chi connectivity index (χ3n) is 4.15. The van der Waals surface area contributed by atoms with E-state index in [1.165, 1.54) is 0 Å². The molecule has 1 N–H and O–H groups in total. The summed E-state index contributed by atoms with van der Waals surface area (Å²) in [7, 11) is 0. The van der Waals surface area contributed by atoms with Gasteiger partial charge in [-0.3, -0.25) is 9.79 Å². The van der Waals surface area contributed by atoms with E-state index in [-0.39, 0.29) is 5.91 Å². The predicted octanol–water partition coefficient (Wildman–Crippen LogP) is 3.30. The highest BCUT2D eigenvalue weighted by atomic mass is 16.1. The normalized spacial score (nSPS) is 13.3. The SMILES string of the molecule is Cc1cc(C)n2ncc(C(=O)Nc3ccc(C4=NC=CC4)cc3)c2n1. The minimum absolute atomic E-state index is 0.222. The Hall–Kier alpha value is -3.28. The van der Waals surface area contributed by atoms with E-state index in [1.807, 2.05) is 56.5 Å². The van der Waals surface area contributed by atoms with Gasteiger partial charge in [0.25, 0.3) is 5.91 Å². The molecule has 0 fully saturated rings. The van der Waals surface area contributed by atoms with E-state index in [1.54, 1.807) is 10.7 Å². The second-order valence-electron chi connectivity index (χ2n) is 6.03. The number of aryl methyl sites for hydroxylation is 2. The van der Waals surface area contributed by atoms with Gasteiger partial charge in [-0.25, -0.2) is 9.50 Å². The second kappa shape index (κ2) is 5.98. The highest BCUT2D eigenvalue weighted by Gasteiger charge is 2.16.